The third kappa shape index (κ3) is 3.36. The molecule has 25 heavy (non-hydrogen) atoms. The quantitative estimate of drug-likeness (QED) is 0.824. The molecule has 0 radical (unpaired) electrons. The minimum absolute atomic E-state index is 0.185. The summed E-state index contributed by atoms with van der Waals surface area (Å²) < 4.78 is 13.3. The van der Waals surface area contributed by atoms with Gasteiger partial charge < -0.3 is 9.80 Å². The van der Waals surface area contributed by atoms with E-state index in [4.69, 9.17) is 0 Å². The van der Waals surface area contributed by atoms with Gasteiger partial charge in [0.2, 0.25) is 0 Å². The van der Waals surface area contributed by atoms with Crippen LogP contribution in [0.2, 0.25) is 0 Å². The number of halogens is 1. The third-order valence-electron chi connectivity index (χ3n) is 5.49. The molecule has 132 valence electrons. The molecule has 2 heterocycles. The van der Waals surface area contributed by atoms with Gasteiger partial charge in [-0.3, -0.25) is 4.90 Å². The van der Waals surface area contributed by atoms with Gasteiger partial charge in [-0.05, 0) is 69.3 Å². The van der Waals surface area contributed by atoms with Crippen molar-refractivity contribution in [3.63, 3.8) is 0 Å². The lowest BCUT2D eigenvalue weighted by Gasteiger charge is -2.41. The van der Waals surface area contributed by atoms with Crippen molar-refractivity contribution in [2.75, 3.05) is 42.5 Å². The lowest BCUT2D eigenvalue weighted by atomic mass is 10.1. The van der Waals surface area contributed by atoms with E-state index in [0.717, 1.165) is 25.3 Å². The average Bonchev–Trinajstić information content (AvgIpc) is 3.18. The van der Waals surface area contributed by atoms with Gasteiger partial charge >= 0.3 is 0 Å². The molecule has 1 unspecified atom stereocenters. The fourth-order valence-corrected chi connectivity index (χ4v) is 4.12. The zero-order valence-electron chi connectivity index (χ0n) is 14.9. The van der Waals surface area contributed by atoms with Gasteiger partial charge in [-0.25, -0.2) is 4.39 Å². The van der Waals surface area contributed by atoms with Crippen LogP contribution in [0.15, 0.2) is 48.5 Å². The average molecular weight is 339 g/mol. The Kier molecular flexibility index (Phi) is 4.62. The Hall–Kier alpha value is -2.07. The topological polar surface area (TPSA) is 9.72 Å². The first-order valence-electron chi connectivity index (χ1n) is 9.33. The summed E-state index contributed by atoms with van der Waals surface area (Å²) in [5, 5.41) is 0. The molecule has 2 aromatic rings. The zero-order chi connectivity index (χ0) is 17.2. The second-order valence-corrected chi connectivity index (χ2v) is 7.15. The number of hydrogen-bond donors (Lipinski definition) is 0. The molecule has 0 saturated carbocycles. The van der Waals surface area contributed by atoms with Crippen molar-refractivity contribution >= 4 is 17.1 Å². The molecule has 4 rings (SSSR count). The Bertz CT molecular complexity index is 709. The second-order valence-electron chi connectivity index (χ2n) is 7.15. The van der Waals surface area contributed by atoms with Crippen molar-refractivity contribution in [3.8, 4) is 0 Å². The molecule has 3 nitrogen and oxygen atoms in total. The van der Waals surface area contributed by atoms with Crippen molar-refractivity contribution in [3.05, 3.63) is 54.3 Å². The lowest BCUT2D eigenvalue weighted by molar-refractivity contribution is 0.260. The third-order valence-corrected chi connectivity index (χ3v) is 5.49. The largest absolute Gasteiger partial charge is 0.367 e. The fourth-order valence-electron chi connectivity index (χ4n) is 4.12. The summed E-state index contributed by atoms with van der Waals surface area (Å²) in [5.41, 5.74) is 3.55. The minimum atomic E-state index is -0.185. The van der Waals surface area contributed by atoms with Gasteiger partial charge in [0.05, 0.1) is 11.4 Å². The van der Waals surface area contributed by atoms with Crippen LogP contribution in [0.5, 0.6) is 0 Å². The molecule has 0 bridgehead atoms. The van der Waals surface area contributed by atoms with Gasteiger partial charge in [-0.1, -0.05) is 12.1 Å². The molecular weight excluding hydrogens is 313 g/mol. The number of rotatable bonds is 4. The van der Waals surface area contributed by atoms with Gasteiger partial charge in [0.1, 0.15) is 5.82 Å². The van der Waals surface area contributed by atoms with Gasteiger partial charge in [0.25, 0.3) is 0 Å². The fraction of sp³-hybridized carbons (Fsp3) is 0.429. The zero-order valence-corrected chi connectivity index (χ0v) is 14.9. The van der Waals surface area contributed by atoms with Gasteiger partial charge in [0, 0.05) is 31.4 Å². The van der Waals surface area contributed by atoms with Gasteiger partial charge in [-0.2, -0.15) is 0 Å². The number of nitrogens with zero attached hydrogens (tertiary/aromatic N) is 3. The summed E-state index contributed by atoms with van der Waals surface area (Å²) >= 11 is 0. The van der Waals surface area contributed by atoms with Crippen molar-refractivity contribution in [1.29, 1.82) is 0 Å². The molecule has 2 aliphatic rings. The maximum atomic E-state index is 13.3. The van der Waals surface area contributed by atoms with Crippen molar-refractivity contribution in [2.24, 2.45) is 0 Å². The standard InChI is InChI=1S/C21H26FN3/c1-17(23-12-4-5-13-23)16-24-14-15-25(19-10-8-18(22)9-11-19)21-7-3-2-6-20(21)24/h2-3,6-11,17H,4-5,12-16H2,1H3. The summed E-state index contributed by atoms with van der Waals surface area (Å²) in [6.45, 7) is 7.80. The summed E-state index contributed by atoms with van der Waals surface area (Å²) in [7, 11) is 0. The molecule has 0 spiro atoms. The monoisotopic (exact) mass is 339 g/mol. The van der Waals surface area contributed by atoms with Crippen LogP contribution in [0, 0.1) is 5.82 Å². The maximum absolute atomic E-state index is 13.3. The number of likely N-dealkylation sites (tertiary alicyclic amines) is 1. The molecule has 0 aromatic heterocycles. The van der Waals surface area contributed by atoms with E-state index >= 15 is 0 Å². The molecule has 1 fully saturated rings. The van der Waals surface area contributed by atoms with E-state index in [1.54, 1.807) is 12.1 Å². The molecule has 2 aromatic carbocycles. The summed E-state index contributed by atoms with van der Waals surface area (Å²) in [6, 6.07) is 16.0. The minimum Gasteiger partial charge on any atom is -0.367 e. The molecule has 0 aliphatic carbocycles. The van der Waals surface area contributed by atoms with Crippen LogP contribution in [-0.4, -0.2) is 43.7 Å². The first-order valence-corrected chi connectivity index (χ1v) is 9.33. The van der Waals surface area contributed by atoms with Crippen LogP contribution in [0.25, 0.3) is 0 Å². The Morgan fingerprint density at radius 3 is 2.28 bits per heavy atom. The molecular formula is C21H26FN3. The van der Waals surface area contributed by atoms with Crippen LogP contribution < -0.4 is 9.80 Å². The van der Waals surface area contributed by atoms with E-state index in [2.05, 4.69) is 45.9 Å². The lowest BCUT2D eigenvalue weighted by Crippen LogP contribution is -2.46. The van der Waals surface area contributed by atoms with Gasteiger partial charge in [0.15, 0.2) is 0 Å². The van der Waals surface area contributed by atoms with E-state index in [0.29, 0.717) is 6.04 Å². The van der Waals surface area contributed by atoms with Crippen LogP contribution >= 0.6 is 0 Å². The van der Waals surface area contributed by atoms with E-state index in [1.165, 1.54) is 37.3 Å². The molecule has 1 saturated heterocycles. The molecule has 1 atom stereocenters. The van der Waals surface area contributed by atoms with Crippen LogP contribution in [0.1, 0.15) is 19.8 Å². The van der Waals surface area contributed by atoms with Crippen molar-refractivity contribution in [1.82, 2.24) is 4.90 Å². The SMILES string of the molecule is CC(CN1CCN(c2ccc(F)cc2)c2ccccc21)N1CCCC1. The van der Waals surface area contributed by atoms with E-state index < -0.39 is 0 Å². The van der Waals surface area contributed by atoms with E-state index in [-0.39, 0.29) is 5.82 Å². The normalized spacial score (nSPS) is 19.1. The van der Waals surface area contributed by atoms with Crippen molar-refractivity contribution in [2.45, 2.75) is 25.8 Å². The van der Waals surface area contributed by atoms with Crippen molar-refractivity contribution < 1.29 is 4.39 Å². The van der Waals surface area contributed by atoms with Crippen LogP contribution in [0.4, 0.5) is 21.5 Å². The molecule has 0 amide bonds. The first kappa shape index (κ1) is 16.4. The highest BCUT2D eigenvalue weighted by molar-refractivity contribution is 5.79. The summed E-state index contributed by atoms with van der Waals surface area (Å²) in [4.78, 5) is 7.42. The highest BCUT2D eigenvalue weighted by Crippen LogP contribution is 2.37. The highest BCUT2D eigenvalue weighted by atomic mass is 19.1. The number of fused-ring (bicyclic) bond motifs is 1. The number of hydrogen-bond acceptors (Lipinski definition) is 3. The maximum Gasteiger partial charge on any atom is 0.123 e. The highest BCUT2D eigenvalue weighted by Gasteiger charge is 2.26. The molecule has 4 heteroatoms. The summed E-state index contributed by atoms with van der Waals surface area (Å²) in [5.74, 6) is -0.185. The second kappa shape index (κ2) is 7.04. The van der Waals surface area contributed by atoms with E-state index in [1.807, 2.05) is 12.1 Å². The number of para-hydroxylation sites is 2. The van der Waals surface area contributed by atoms with Crippen LogP contribution in [-0.2, 0) is 0 Å². The molecule has 2 aliphatic heterocycles. The summed E-state index contributed by atoms with van der Waals surface area (Å²) in [6.07, 6.45) is 2.67. The van der Waals surface area contributed by atoms with Crippen LogP contribution in [0.3, 0.4) is 0 Å². The molecule has 0 N–H and O–H groups in total. The van der Waals surface area contributed by atoms with E-state index in [9.17, 15) is 4.39 Å². The number of benzene rings is 2. The Morgan fingerprint density at radius 1 is 0.880 bits per heavy atom. The Morgan fingerprint density at radius 2 is 1.56 bits per heavy atom. The Balaban J connectivity index is 1.57. The van der Waals surface area contributed by atoms with Gasteiger partial charge in [-0.15, -0.1) is 0 Å². The predicted molar refractivity (Wildman–Crippen MR) is 102 cm³/mol. The first-order chi connectivity index (χ1) is 12.2. The predicted octanol–water partition coefficient (Wildman–Crippen LogP) is 4.27. The smallest absolute Gasteiger partial charge is 0.123 e. The number of anilines is 3. The Labute approximate surface area is 149 Å².